The number of nitro benzene ring substituents is 1. The van der Waals surface area contributed by atoms with Gasteiger partial charge in [0, 0.05) is 17.7 Å². The van der Waals surface area contributed by atoms with E-state index < -0.39 is 22.7 Å². The number of carbonyl (C=O) groups is 3. The molecule has 0 heterocycles. The second-order valence-electron chi connectivity index (χ2n) is 6.95. The highest BCUT2D eigenvalue weighted by atomic mass is 16.6. The zero-order chi connectivity index (χ0) is 24.5. The molecule has 0 spiro atoms. The Kier molecular flexibility index (Phi) is 7.85. The molecule has 172 valence electrons. The molecule has 0 aliphatic heterocycles. The SMILES string of the molecule is CCOC(=O)c1ccccc1NC(=O)/C(=C/c1cccc([N+](=O)[O-])c1)NC(=O)c1ccccc1. The van der Waals surface area contributed by atoms with Crippen LogP contribution in [-0.4, -0.2) is 29.3 Å². The van der Waals surface area contributed by atoms with Gasteiger partial charge in [-0.2, -0.15) is 0 Å². The lowest BCUT2D eigenvalue weighted by Gasteiger charge is -2.13. The summed E-state index contributed by atoms with van der Waals surface area (Å²) < 4.78 is 5.03. The van der Waals surface area contributed by atoms with E-state index >= 15 is 0 Å². The number of rotatable bonds is 8. The Labute approximate surface area is 195 Å². The lowest BCUT2D eigenvalue weighted by molar-refractivity contribution is -0.384. The maximum absolute atomic E-state index is 13.2. The normalized spacial score (nSPS) is 10.8. The highest BCUT2D eigenvalue weighted by Crippen LogP contribution is 2.19. The smallest absolute Gasteiger partial charge is 0.340 e. The minimum atomic E-state index is -0.729. The quantitative estimate of drug-likeness (QED) is 0.225. The molecule has 0 aromatic heterocycles. The van der Waals surface area contributed by atoms with E-state index in [2.05, 4.69) is 10.6 Å². The van der Waals surface area contributed by atoms with Crippen LogP contribution in [0.3, 0.4) is 0 Å². The number of carbonyl (C=O) groups excluding carboxylic acids is 3. The van der Waals surface area contributed by atoms with Crippen molar-refractivity contribution in [3.05, 3.63) is 111 Å². The highest BCUT2D eigenvalue weighted by molar-refractivity contribution is 6.12. The predicted molar refractivity (Wildman–Crippen MR) is 126 cm³/mol. The van der Waals surface area contributed by atoms with Crippen molar-refractivity contribution in [2.24, 2.45) is 0 Å². The van der Waals surface area contributed by atoms with Crippen molar-refractivity contribution in [1.29, 1.82) is 0 Å². The maximum Gasteiger partial charge on any atom is 0.340 e. The molecule has 0 aliphatic rings. The summed E-state index contributed by atoms with van der Waals surface area (Å²) in [4.78, 5) is 48.7. The molecule has 0 aliphatic carbocycles. The molecule has 0 saturated carbocycles. The summed E-state index contributed by atoms with van der Waals surface area (Å²) in [6.07, 6.45) is 1.32. The minimum absolute atomic E-state index is 0.141. The van der Waals surface area contributed by atoms with E-state index in [1.54, 1.807) is 55.5 Å². The summed E-state index contributed by atoms with van der Waals surface area (Å²) in [7, 11) is 0. The van der Waals surface area contributed by atoms with Gasteiger partial charge in [0.2, 0.25) is 0 Å². The van der Waals surface area contributed by atoms with Crippen LogP contribution in [0.25, 0.3) is 6.08 Å². The minimum Gasteiger partial charge on any atom is -0.462 e. The fourth-order valence-electron chi connectivity index (χ4n) is 3.01. The van der Waals surface area contributed by atoms with E-state index in [-0.39, 0.29) is 29.2 Å². The number of nitro groups is 1. The number of nitrogens with zero attached hydrogens (tertiary/aromatic N) is 1. The van der Waals surface area contributed by atoms with Crippen molar-refractivity contribution in [2.45, 2.75) is 6.92 Å². The van der Waals surface area contributed by atoms with Crippen molar-refractivity contribution in [3.63, 3.8) is 0 Å². The van der Waals surface area contributed by atoms with Crippen LogP contribution in [0.15, 0.2) is 84.6 Å². The van der Waals surface area contributed by atoms with Gasteiger partial charge in [-0.05, 0) is 42.8 Å². The van der Waals surface area contributed by atoms with Gasteiger partial charge in [0.05, 0.1) is 22.8 Å². The molecule has 2 N–H and O–H groups in total. The number of ether oxygens (including phenoxy) is 1. The van der Waals surface area contributed by atoms with E-state index in [0.717, 1.165) is 0 Å². The largest absolute Gasteiger partial charge is 0.462 e. The van der Waals surface area contributed by atoms with Gasteiger partial charge in [-0.3, -0.25) is 19.7 Å². The number of hydrogen-bond donors (Lipinski definition) is 2. The molecule has 0 bridgehead atoms. The van der Waals surface area contributed by atoms with Gasteiger partial charge in [-0.25, -0.2) is 4.79 Å². The Balaban J connectivity index is 1.96. The lowest BCUT2D eigenvalue weighted by Crippen LogP contribution is -2.31. The highest BCUT2D eigenvalue weighted by Gasteiger charge is 2.19. The third kappa shape index (κ3) is 6.13. The first-order valence-electron chi connectivity index (χ1n) is 10.3. The third-order valence-electron chi connectivity index (χ3n) is 4.59. The van der Waals surface area contributed by atoms with Crippen LogP contribution in [0.1, 0.15) is 33.2 Å². The summed E-state index contributed by atoms with van der Waals surface area (Å²) in [6, 6.07) is 20.1. The zero-order valence-electron chi connectivity index (χ0n) is 18.2. The predicted octanol–water partition coefficient (Wildman–Crippen LogP) is 4.18. The van der Waals surface area contributed by atoms with Crippen LogP contribution in [0, 0.1) is 10.1 Å². The van der Waals surface area contributed by atoms with E-state index in [9.17, 15) is 24.5 Å². The zero-order valence-corrected chi connectivity index (χ0v) is 18.2. The standard InChI is InChI=1S/C25H21N3O6/c1-2-34-25(31)20-13-6-7-14-21(20)26-24(30)22(27-23(29)18-10-4-3-5-11-18)16-17-9-8-12-19(15-17)28(32)33/h3-16H,2H2,1H3,(H,26,30)(H,27,29)/b22-16-. The lowest BCUT2D eigenvalue weighted by atomic mass is 10.1. The monoisotopic (exact) mass is 459 g/mol. The Bertz CT molecular complexity index is 1250. The Hall–Kier alpha value is -4.79. The molecule has 0 fully saturated rings. The van der Waals surface area contributed by atoms with E-state index in [4.69, 9.17) is 4.74 Å². The van der Waals surface area contributed by atoms with Gasteiger partial charge >= 0.3 is 5.97 Å². The fourth-order valence-corrected chi connectivity index (χ4v) is 3.01. The Morgan fingerprint density at radius 1 is 0.971 bits per heavy atom. The molecule has 0 saturated heterocycles. The number of non-ortho nitro benzene ring substituents is 1. The van der Waals surface area contributed by atoms with Crippen molar-refractivity contribution >= 4 is 35.2 Å². The van der Waals surface area contributed by atoms with E-state index in [0.29, 0.717) is 11.1 Å². The second-order valence-corrected chi connectivity index (χ2v) is 6.95. The summed E-state index contributed by atoms with van der Waals surface area (Å²) in [5, 5.41) is 16.3. The van der Waals surface area contributed by atoms with Crippen LogP contribution >= 0.6 is 0 Å². The molecule has 0 atom stereocenters. The van der Waals surface area contributed by atoms with Gasteiger partial charge in [0.15, 0.2) is 0 Å². The summed E-state index contributed by atoms with van der Waals surface area (Å²) >= 11 is 0. The Morgan fingerprint density at radius 2 is 1.68 bits per heavy atom. The Morgan fingerprint density at radius 3 is 2.38 bits per heavy atom. The van der Waals surface area contributed by atoms with Gasteiger partial charge < -0.3 is 15.4 Å². The van der Waals surface area contributed by atoms with Gasteiger partial charge in [-0.15, -0.1) is 0 Å². The molecule has 0 radical (unpaired) electrons. The van der Waals surface area contributed by atoms with Crippen molar-refractivity contribution < 1.29 is 24.0 Å². The first-order valence-corrected chi connectivity index (χ1v) is 10.3. The van der Waals surface area contributed by atoms with Crippen molar-refractivity contribution in [1.82, 2.24) is 5.32 Å². The number of hydrogen-bond acceptors (Lipinski definition) is 6. The van der Waals surface area contributed by atoms with E-state index in [1.807, 2.05) is 0 Å². The molecule has 9 nitrogen and oxygen atoms in total. The van der Waals surface area contributed by atoms with Crippen LogP contribution in [0.5, 0.6) is 0 Å². The summed E-state index contributed by atoms with van der Waals surface area (Å²) in [6.45, 7) is 1.82. The molecular weight excluding hydrogens is 438 g/mol. The number of nitrogens with one attached hydrogen (secondary N) is 2. The van der Waals surface area contributed by atoms with E-state index in [1.165, 1.54) is 36.4 Å². The topological polar surface area (TPSA) is 128 Å². The second kappa shape index (κ2) is 11.2. The van der Waals surface area contributed by atoms with Crippen LogP contribution in [0.4, 0.5) is 11.4 Å². The van der Waals surface area contributed by atoms with Crippen LogP contribution in [0.2, 0.25) is 0 Å². The molecular formula is C25H21N3O6. The molecule has 9 heteroatoms. The van der Waals surface area contributed by atoms with Crippen LogP contribution < -0.4 is 10.6 Å². The third-order valence-corrected chi connectivity index (χ3v) is 4.59. The van der Waals surface area contributed by atoms with Crippen LogP contribution in [-0.2, 0) is 9.53 Å². The average Bonchev–Trinajstić information content (AvgIpc) is 2.84. The molecule has 3 rings (SSSR count). The number of para-hydroxylation sites is 1. The van der Waals surface area contributed by atoms with Crippen molar-refractivity contribution in [3.8, 4) is 0 Å². The summed E-state index contributed by atoms with van der Waals surface area (Å²) in [5.74, 6) is -1.89. The molecule has 2 amide bonds. The molecule has 0 unspecified atom stereocenters. The van der Waals surface area contributed by atoms with Gasteiger partial charge in [0.25, 0.3) is 17.5 Å². The van der Waals surface area contributed by atoms with Gasteiger partial charge in [-0.1, -0.05) is 42.5 Å². The number of esters is 1. The first-order chi connectivity index (χ1) is 16.4. The number of benzene rings is 3. The molecule has 34 heavy (non-hydrogen) atoms. The first kappa shape index (κ1) is 23.9. The molecule has 3 aromatic rings. The number of amides is 2. The average molecular weight is 459 g/mol. The summed E-state index contributed by atoms with van der Waals surface area (Å²) in [5.41, 5.74) is 0.619. The molecule has 3 aromatic carbocycles. The van der Waals surface area contributed by atoms with Crippen molar-refractivity contribution in [2.75, 3.05) is 11.9 Å². The number of anilines is 1. The maximum atomic E-state index is 13.2. The van der Waals surface area contributed by atoms with Gasteiger partial charge in [0.1, 0.15) is 5.70 Å². The fraction of sp³-hybridized carbons (Fsp3) is 0.0800.